The average molecular weight is 367 g/mol. The summed E-state index contributed by atoms with van der Waals surface area (Å²) in [4.78, 5) is 25.4. The molecule has 0 radical (unpaired) electrons. The van der Waals surface area contributed by atoms with Gasteiger partial charge in [-0.2, -0.15) is 0 Å². The molecule has 1 aromatic heterocycles. The first-order valence-corrected chi connectivity index (χ1v) is 7.94. The van der Waals surface area contributed by atoms with Crippen LogP contribution < -0.4 is 10.6 Å². The average Bonchev–Trinajstić information content (AvgIpc) is 2.73. The number of anilines is 1. The lowest BCUT2D eigenvalue weighted by Gasteiger charge is -2.07. The van der Waals surface area contributed by atoms with Crippen LogP contribution in [0.15, 0.2) is 28.7 Å². The third-order valence-corrected chi connectivity index (χ3v) is 5.00. The summed E-state index contributed by atoms with van der Waals surface area (Å²) in [6.07, 6.45) is 0. The summed E-state index contributed by atoms with van der Waals surface area (Å²) in [5.74, 6) is -0.437. The highest BCUT2D eigenvalue weighted by molar-refractivity contribution is 9.10. The molecular formula is C15H15BrN2O2S. The summed E-state index contributed by atoms with van der Waals surface area (Å²) >= 11 is 4.76. The molecule has 1 heterocycles. The molecule has 0 aliphatic carbocycles. The fraction of sp³-hybridized carbons (Fsp3) is 0.200. The number of aryl methyl sites for hydroxylation is 1. The molecule has 2 N–H and O–H groups in total. The third-order valence-electron chi connectivity index (χ3n) is 3.18. The van der Waals surface area contributed by atoms with Crippen molar-refractivity contribution in [1.29, 1.82) is 0 Å². The second-order valence-corrected chi connectivity index (χ2v) is 6.58. The van der Waals surface area contributed by atoms with Gasteiger partial charge >= 0.3 is 0 Å². The van der Waals surface area contributed by atoms with Crippen LogP contribution in [0.25, 0.3) is 0 Å². The zero-order valence-electron chi connectivity index (χ0n) is 11.9. The highest BCUT2D eigenvalue weighted by Gasteiger charge is 2.21. The van der Waals surface area contributed by atoms with Crippen molar-refractivity contribution in [2.75, 3.05) is 12.4 Å². The molecule has 0 spiro atoms. The monoisotopic (exact) mass is 366 g/mol. The number of carbonyl (C=O) groups excluding carboxylic acids is 2. The summed E-state index contributed by atoms with van der Waals surface area (Å²) in [7, 11) is 1.58. The van der Waals surface area contributed by atoms with Gasteiger partial charge in [-0.15, -0.1) is 11.3 Å². The Morgan fingerprint density at radius 3 is 2.43 bits per heavy atom. The van der Waals surface area contributed by atoms with Crippen LogP contribution in [0.1, 0.15) is 31.2 Å². The van der Waals surface area contributed by atoms with Crippen molar-refractivity contribution < 1.29 is 9.59 Å². The molecule has 0 unspecified atom stereocenters. The van der Waals surface area contributed by atoms with Gasteiger partial charge < -0.3 is 10.6 Å². The van der Waals surface area contributed by atoms with E-state index >= 15 is 0 Å². The second kappa shape index (κ2) is 6.41. The normalized spacial score (nSPS) is 10.3. The Kier molecular flexibility index (Phi) is 4.80. The largest absolute Gasteiger partial charge is 0.355 e. The Morgan fingerprint density at radius 1 is 1.14 bits per heavy atom. The van der Waals surface area contributed by atoms with Gasteiger partial charge in [0, 0.05) is 16.4 Å². The van der Waals surface area contributed by atoms with Crippen molar-refractivity contribution in [3.8, 4) is 0 Å². The number of halogens is 1. The first-order chi connectivity index (χ1) is 9.95. The standard InChI is InChI=1S/C15H15BrN2O2S/c1-8-9(2)21-15(12(8)14(20)17-3)18-13(19)10-6-4-5-7-11(10)16/h4-7H,1-3H3,(H,17,20)(H,18,19). The second-order valence-electron chi connectivity index (χ2n) is 4.50. The molecule has 6 heteroatoms. The number of thiophene rings is 1. The predicted octanol–water partition coefficient (Wildman–Crippen LogP) is 3.74. The van der Waals surface area contributed by atoms with Crippen LogP contribution in [0.4, 0.5) is 5.00 Å². The van der Waals surface area contributed by atoms with Gasteiger partial charge in [0.15, 0.2) is 0 Å². The summed E-state index contributed by atoms with van der Waals surface area (Å²) in [6, 6.07) is 7.17. The molecule has 1 aromatic carbocycles. The molecule has 0 fully saturated rings. The molecule has 0 aliphatic heterocycles. The Balaban J connectivity index is 2.36. The van der Waals surface area contributed by atoms with E-state index in [2.05, 4.69) is 26.6 Å². The van der Waals surface area contributed by atoms with E-state index in [9.17, 15) is 9.59 Å². The van der Waals surface area contributed by atoms with Crippen molar-refractivity contribution in [3.05, 3.63) is 50.3 Å². The van der Waals surface area contributed by atoms with Crippen LogP contribution in [-0.4, -0.2) is 18.9 Å². The van der Waals surface area contributed by atoms with Crippen LogP contribution in [0.2, 0.25) is 0 Å². The minimum absolute atomic E-state index is 0.195. The van der Waals surface area contributed by atoms with Crippen molar-refractivity contribution in [2.45, 2.75) is 13.8 Å². The number of hydrogen-bond acceptors (Lipinski definition) is 3. The van der Waals surface area contributed by atoms with E-state index in [-0.39, 0.29) is 11.8 Å². The van der Waals surface area contributed by atoms with E-state index in [0.717, 1.165) is 10.4 Å². The van der Waals surface area contributed by atoms with Crippen LogP contribution in [0, 0.1) is 13.8 Å². The number of benzene rings is 1. The summed E-state index contributed by atoms with van der Waals surface area (Å²) in [6.45, 7) is 3.81. The number of hydrogen-bond donors (Lipinski definition) is 2. The first-order valence-electron chi connectivity index (χ1n) is 6.33. The maximum atomic E-state index is 12.4. The predicted molar refractivity (Wildman–Crippen MR) is 89.3 cm³/mol. The number of rotatable bonds is 3. The molecule has 0 saturated heterocycles. The van der Waals surface area contributed by atoms with E-state index in [4.69, 9.17) is 0 Å². The van der Waals surface area contributed by atoms with Gasteiger partial charge in [0.1, 0.15) is 5.00 Å². The third kappa shape index (κ3) is 3.16. The van der Waals surface area contributed by atoms with E-state index in [1.165, 1.54) is 11.3 Å². The lowest BCUT2D eigenvalue weighted by Crippen LogP contribution is -2.21. The molecule has 0 aliphatic rings. The fourth-order valence-electron chi connectivity index (χ4n) is 1.93. The van der Waals surface area contributed by atoms with Gasteiger partial charge in [0.2, 0.25) is 0 Å². The lowest BCUT2D eigenvalue weighted by molar-refractivity contribution is 0.0963. The summed E-state index contributed by atoms with van der Waals surface area (Å²) < 4.78 is 0.717. The van der Waals surface area contributed by atoms with E-state index < -0.39 is 0 Å². The van der Waals surface area contributed by atoms with Crippen molar-refractivity contribution in [3.63, 3.8) is 0 Å². The molecule has 110 valence electrons. The lowest BCUT2D eigenvalue weighted by atomic mass is 10.1. The van der Waals surface area contributed by atoms with Gasteiger partial charge in [0.25, 0.3) is 11.8 Å². The van der Waals surface area contributed by atoms with Gasteiger partial charge in [-0.3, -0.25) is 9.59 Å². The summed E-state index contributed by atoms with van der Waals surface area (Å²) in [5, 5.41) is 6.01. The Bertz CT molecular complexity index is 710. The van der Waals surface area contributed by atoms with Crippen molar-refractivity contribution in [1.82, 2.24) is 5.32 Å². The zero-order valence-corrected chi connectivity index (χ0v) is 14.3. The SMILES string of the molecule is CNC(=O)c1c(NC(=O)c2ccccc2Br)sc(C)c1C. The first kappa shape index (κ1) is 15.7. The molecular weight excluding hydrogens is 352 g/mol. The summed E-state index contributed by atoms with van der Waals surface area (Å²) in [5.41, 5.74) is 1.95. The highest BCUT2D eigenvalue weighted by Crippen LogP contribution is 2.33. The smallest absolute Gasteiger partial charge is 0.257 e. The Labute approximate surface area is 135 Å². The van der Waals surface area contributed by atoms with Crippen molar-refractivity contribution >= 4 is 44.1 Å². The van der Waals surface area contributed by atoms with Gasteiger partial charge in [-0.05, 0) is 47.5 Å². The maximum Gasteiger partial charge on any atom is 0.257 e. The molecule has 2 aromatic rings. The molecule has 2 rings (SSSR count). The Morgan fingerprint density at radius 2 is 1.81 bits per heavy atom. The minimum atomic E-state index is -0.242. The topological polar surface area (TPSA) is 58.2 Å². The van der Waals surface area contributed by atoms with Crippen LogP contribution >= 0.6 is 27.3 Å². The van der Waals surface area contributed by atoms with E-state index in [1.807, 2.05) is 19.9 Å². The van der Waals surface area contributed by atoms with Crippen LogP contribution in [-0.2, 0) is 0 Å². The van der Waals surface area contributed by atoms with Gasteiger partial charge in [0.05, 0.1) is 11.1 Å². The number of nitrogens with one attached hydrogen (secondary N) is 2. The highest BCUT2D eigenvalue weighted by atomic mass is 79.9. The maximum absolute atomic E-state index is 12.4. The number of amides is 2. The van der Waals surface area contributed by atoms with Crippen LogP contribution in [0.5, 0.6) is 0 Å². The molecule has 21 heavy (non-hydrogen) atoms. The minimum Gasteiger partial charge on any atom is -0.355 e. The van der Waals surface area contributed by atoms with E-state index in [0.29, 0.717) is 20.6 Å². The quantitative estimate of drug-likeness (QED) is 0.868. The zero-order chi connectivity index (χ0) is 15.6. The Hall–Kier alpha value is -1.66. The molecule has 4 nitrogen and oxygen atoms in total. The molecule has 0 atom stereocenters. The number of carbonyl (C=O) groups is 2. The van der Waals surface area contributed by atoms with E-state index in [1.54, 1.807) is 25.2 Å². The van der Waals surface area contributed by atoms with Gasteiger partial charge in [-0.1, -0.05) is 12.1 Å². The fourth-order valence-corrected chi connectivity index (χ4v) is 3.45. The molecule has 0 saturated carbocycles. The molecule has 0 bridgehead atoms. The van der Waals surface area contributed by atoms with Gasteiger partial charge in [-0.25, -0.2) is 0 Å². The molecule has 2 amide bonds. The van der Waals surface area contributed by atoms with Crippen LogP contribution in [0.3, 0.4) is 0 Å². The van der Waals surface area contributed by atoms with Crippen molar-refractivity contribution in [2.24, 2.45) is 0 Å².